The first-order valence-corrected chi connectivity index (χ1v) is 7.45. The first-order valence-electron chi connectivity index (χ1n) is 7.45. The highest BCUT2D eigenvalue weighted by molar-refractivity contribution is 5.75. The molecule has 0 aromatic heterocycles. The summed E-state index contributed by atoms with van der Waals surface area (Å²) < 4.78 is 0. The molecule has 1 aliphatic carbocycles. The largest absolute Gasteiger partial charge is 0.396 e. The Bertz CT molecular complexity index is 418. The predicted octanol–water partition coefficient (Wildman–Crippen LogP) is 2.69. The molecular weight excluding hydrogens is 252 g/mol. The van der Waals surface area contributed by atoms with Gasteiger partial charge in [0, 0.05) is 19.2 Å². The van der Waals surface area contributed by atoms with Crippen molar-refractivity contribution in [3.63, 3.8) is 0 Å². The van der Waals surface area contributed by atoms with Gasteiger partial charge in [-0.15, -0.1) is 0 Å². The van der Waals surface area contributed by atoms with Crippen LogP contribution in [0.1, 0.15) is 44.2 Å². The van der Waals surface area contributed by atoms with E-state index in [-0.39, 0.29) is 18.7 Å². The Labute approximate surface area is 120 Å². The van der Waals surface area contributed by atoms with Gasteiger partial charge >= 0.3 is 6.03 Å². The Hall–Kier alpha value is -1.55. The van der Waals surface area contributed by atoms with Crippen molar-refractivity contribution in [1.82, 2.24) is 10.2 Å². The number of unbranched alkanes of at least 4 members (excludes halogenated alkanes) is 1. The van der Waals surface area contributed by atoms with Gasteiger partial charge < -0.3 is 15.3 Å². The number of amides is 2. The number of hydrogen-bond donors (Lipinski definition) is 2. The van der Waals surface area contributed by atoms with Gasteiger partial charge in [-0.05, 0) is 38.2 Å². The van der Waals surface area contributed by atoms with E-state index in [2.05, 4.69) is 5.32 Å². The van der Waals surface area contributed by atoms with Crippen LogP contribution < -0.4 is 5.32 Å². The van der Waals surface area contributed by atoms with E-state index in [4.69, 9.17) is 5.11 Å². The maximum atomic E-state index is 12.4. The Morgan fingerprint density at radius 2 is 2.05 bits per heavy atom. The first-order chi connectivity index (χ1) is 9.72. The molecular formula is C16H24N2O2. The van der Waals surface area contributed by atoms with Crippen LogP contribution in [0.5, 0.6) is 0 Å². The van der Waals surface area contributed by atoms with E-state index in [1.807, 2.05) is 42.2 Å². The number of nitrogens with zero attached hydrogens (tertiary/aromatic N) is 1. The number of urea groups is 1. The van der Waals surface area contributed by atoms with E-state index in [0.29, 0.717) is 6.04 Å². The minimum absolute atomic E-state index is 0.0155. The molecule has 0 aliphatic heterocycles. The summed E-state index contributed by atoms with van der Waals surface area (Å²) in [5.74, 6) is 0. The van der Waals surface area contributed by atoms with Gasteiger partial charge in [0.2, 0.25) is 0 Å². The standard InChI is InChI=1S/C16H24N2O2/c1-13(14-7-3-2-4-8-14)17-16(20)18(15-9-10-15)11-5-6-12-19/h2-4,7-8,13,15,19H,5-6,9-12H2,1H3,(H,17,20). The van der Waals surface area contributed by atoms with Gasteiger partial charge in [0.15, 0.2) is 0 Å². The number of benzene rings is 1. The molecule has 0 saturated heterocycles. The van der Waals surface area contributed by atoms with Crippen LogP contribution >= 0.6 is 0 Å². The second-order valence-electron chi connectivity index (χ2n) is 5.44. The van der Waals surface area contributed by atoms with Crippen molar-refractivity contribution >= 4 is 6.03 Å². The molecule has 2 rings (SSSR count). The Kier molecular flexibility index (Phi) is 5.41. The fourth-order valence-corrected chi connectivity index (χ4v) is 2.32. The number of aliphatic hydroxyl groups excluding tert-OH is 1. The lowest BCUT2D eigenvalue weighted by atomic mass is 10.1. The molecule has 0 heterocycles. The summed E-state index contributed by atoms with van der Waals surface area (Å²) >= 11 is 0. The predicted molar refractivity (Wildman–Crippen MR) is 79.4 cm³/mol. The zero-order valence-corrected chi connectivity index (χ0v) is 12.1. The first kappa shape index (κ1) is 14.9. The zero-order chi connectivity index (χ0) is 14.4. The molecule has 4 nitrogen and oxygen atoms in total. The van der Waals surface area contributed by atoms with Crippen LogP contribution in [-0.4, -0.2) is 35.2 Å². The molecule has 1 saturated carbocycles. The van der Waals surface area contributed by atoms with Crippen LogP contribution in [-0.2, 0) is 0 Å². The molecule has 110 valence electrons. The summed E-state index contributed by atoms with van der Waals surface area (Å²) in [6.45, 7) is 2.94. The number of rotatable bonds is 7. The van der Waals surface area contributed by atoms with Gasteiger partial charge in [-0.1, -0.05) is 30.3 Å². The summed E-state index contributed by atoms with van der Waals surface area (Å²) in [4.78, 5) is 14.3. The fraction of sp³-hybridized carbons (Fsp3) is 0.562. The van der Waals surface area contributed by atoms with Gasteiger partial charge in [-0.3, -0.25) is 0 Å². The lowest BCUT2D eigenvalue weighted by molar-refractivity contribution is 0.187. The van der Waals surface area contributed by atoms with Gasteiger partial charge in [0.05, 0.1) is 6.04 Å². The monoisotopic (exact) mass is 276 g/mol. The number of nitrogens with one attached hydrogen (secondary N) is 1. The summed E-state index contributed by atoms with van der Waals surface area (Å²) in [6, 6.07) is 10.4. The van der Waals surface area contributed by atoms with E-state index in [0.717, 1.165) is 37.8 Å². The highest BCUT2D eigenvalue weighted by Crippen LogP contribution is 2.27. The van der Waals surface area contributed by atoms with E-state index >= 15 is 0 Å². The van der Waals surface area contributed by atoms with Crippen molar-refractivity contribution in [2.75, 3.05) is 13.2 Å². The van der Waals surface area contributed by atoms with Crippen LogP contribution in [0.25, 0.3) is 0 Å². The minimum atomic E-state index is 0.0155. The van der Waals surface area contributed by atoms with Gasteiger partial charge in [-0.2, -0.15) is 0 Å². The van der Waals surface area contributed by atoms with Crippen LogP contribution in [0.3, 0.4) is 0 Å². The van der Waals surface area contributed by atoms with Gasteiger partial charge in [0.1, 0.15) is 0 Å². The average Bonchev–Trinajstić information content (AvgIpc) is 3.29. The smallest absolute Gasteiger partial charge is 0.318 e. The van der Waals surface area contributed by atoms with Crippen molar-refractivity contribution in [3.05, 3.63) is 35.9 Å². The maximum Gasteiger partial charge on any atom is 0.318 e. The molecule has 4 heteroatoms. The second kappa shape index (κ2) is 7.29. The molecule has 1 atom stereocenters. The Morgan fingerprint density at radius 3 is 2.65 bits per heavy atom. The molecule has 0 bridgehead atoms. The molecule has 2 amide bonds. The third-order valence-electron chi connectivity index (χ3n) is 3.70. The van der Waals surface area contributed by atoms with Crippen LogP contribution in [0.2, 0.25) is 0 Å². The third kappa shape index (κ3) is 4.23. The average molecular weight is 276 g/mol. The topological polar surface area (TPSA) is 52.6 Å². The number of aliphatic hydroxyl groups is 1. The molecule has 1 aromatic carbocycles. The molecule has 20 heavy (non-hydrogen) atoms. The summed E-state index contributed by atoms with van der Waals surface area (Å²) in [5, 5.41) is 11.9. The highest BCUT2D eigenvalue weighted by atomic mass is 16.3. The van der Waals surface area contributed by atoms with Crippen molar-refractivity contribution in [1.29, 1.82) is 0 Å². The number of carbonyl (C=O) groups is 1. The molecule has 0 radical (unpaired) electrons. The van der Waals surface area contributed by atoms with E-state index < -0.39 is 0 Å². The molecule has 1 fully saturated rings. The van der Waals surface area contributed by atoms with Crippen LogP contribution in [0, 0.1) is 0 Å². The van der Waals surface area contributed by atoms with Crippen LogP contribution in [0.15, 0.2) is 30.3 Å². The summed E-state index contributed by atoms with van der Waals surface area (Å²) in [7, 11) is 0. The molecule has 1 aromatic rings. The Balaban J connectivity index is 1.87. The minimum Gasteiger partial charge on any atom is -0.396 e. The second-order valence-corrected chi connectivity index (χ2v) is 5.44. The van der Waals surface area contributed by atoms with Gasteiger partial charge in [-0.25, -0.2) is 4.79 Å². The Morgan fingerprint density at radius 1 is 1.35 bits per heavy atom. The summed E-state index contributed by atoms with van der Waals surface area (Å²) in [5.41, 5.74) is 1.12. The SMILES string of the molecule is CC(NC(=O)N(CCCCO)C1CC1)c1ccccc1. The van der Waals surface area contributed by atoms with Gasteiger partial charge in [0.25, 0.3) is 0 Å². The van der Waals surface area contributed by atoms with Crippen molar-refractivity contribution in [2.45, 2.75) is 44.7 Å². The van der Waals surface area contributed by atoms with Crippen LogP contribution in [0.4, 0.5) is 4.79 Å². The highest BCUT2D eigenvalue weighted by Gasteiger charge is 2.32. The third-order valence-corrected chi connectivity index (χ3v) is 3.70. The summed E-state index contributed by atoms with van der Waals surface area (Å²) in [6.07, 6.45) is 3.82. The van der Waals surface area contributed by atoms with E-state index in [1.165, 1.54) is 0 Å². The molecule has 2 N–H and O–H groups in total. The maximum absolute atomic E-state index is 12.4. The zero-order valence-electron chi connectivity index (χ0n) is 12.1. The fourth-order valence-electron chi connectivity index (χ4n) is 2.32. The van der Waals surface area contributed by atoms with Crippen molar-refractivity contribution < 1.29 is 9.90 Å². The number of carbonyl (C=O) groups excluding carboxylic acids is 1. The quantitative estimate of drug-likeness (QED) is 0.752. The normalized spacial score (nSPS) is 15.7. The van der Waals surface area contributed by atoms with Crippen molar-refractivity contribution in [2.24, 2.45) is 0 Å². The molecule has 1 unspecified atom stereocenters. The molecule has 0 spiro atoms. The molecule has 1 aliphatic rings. The van der Waals surface area contributed by atoms with E-state index in [1.54, 1.807) is 0 Å². The van der Waals surface area contributed by atoms with Crippen molar-refractivity contribution in [3.8, 4) is 0 Å². The lowest BCUT2D eigenvalue weighted by Crippen LogP contribution is -2.42. The number of hydrogen-bond acceptors (Lipinski definition) is 2. The van der Waals surface area contributed by atoms with E-state index in [9.17, 15) is 4.79 Å². The lowest BCUT2D eigenvalue weighted by Gasteiger charge is -2.25.